The Balaban J connectivity index is 2.23. The summed E-state index contributed by atoms with van der Waals surface area (Å²) >= 11 is 18.3. The van der Waals surface area contributed by atoms with E-state index in [1.54, 1.807) is 30.3 Å². The van der Waals surface area contributed by atoms with Gasteiger partial charge >= 0.3 is 0 Å². The number of ketones is 1. The molecule has 3 rings (SSSR count). The van der Waals surface area contributed by atoms with E-state index in [9.17, 15) is 4.79 Å². The second-order valence-corrected chi connectivity index (χ2v) is 5.84. The second-order valence-electron chi connectivity index (χ2n) is 4.59. The average molecular weight is 336 g/mol. The Morgan fingerprint density at radius 2 is 1.38 bits per heavy atom. The van der Waals surface area contributed by atoms with Crippen molar-refractivity contribution in [2.24, 2.45) is 0 Å². The van der Waals surface area contributed by atoms with Crippen LogP contribution in [-0.2, 0) is 0 Å². The van der Waals surface area contributed by atoms with E-state index in [4.69, 9.17) is 34.8 Å². The highest BCUT2D eigenvalue weighted by atomic mass is 35.5. The summed E-state index contributed by atoms with van der Waals surface area (Å²) in [4.78, 5) is 12.8. The standard InChI is InChI=1S/C17H9Cl3O/c18-10-5-7-16(20)14(9-10)17(21)13-6-8-15(19)12-4-2-1-3-11(12)13/h1-9H. The smallest absolute Gasteiger partial charge is 0.195 e. The van der Waals surface area contributed by atoms with Gasteiger partial charge in [0.2, 0.25) is 0 Å². The number of rotatable bonds is 2. The van der Waals surface area contributed by atoms with E-state index in [2.05, 4.69) is 0 Å². The van der Waals surface area contributed by atoms with Crippen LogP contribution in [0.5, 0.6) is 0 Å². The molecule has 3 aromatic carbocycles. The predicted octanol–water partition coefficient (Wildman–Crippen LogP) is 6.03. The molecule has 0 saturated heterocycles. The summed E-state index contributed by atoms with van der Waals surface area (Å²) in [6.45, 7) is 0. The maximum absolute atomic E-state index is 12.8. The highest BCUT2D eigenvalue weighted by molar-refractivity contribution is 6.38. The maximum atomic E-state index is 12.8. The quantitative estimate of drug-likeness (QED) is 0.522. The first-order chi connectivity index (χ1) is 10.1. The van der Waals surface area contributed by atoms with Gasteiger partial charge in [-0.25, -0.2) is 0 Å². The van der Waals surface area contributed by atoms with Gasteiger partial charge in [0.25, 0.3) is 0 Å². The lowest BCUT2D eigenvalue weighted by Crippen LogP contribution is -2.03. The van der Waals surface area contributed by atoms with Crippen molar-refractivity contribution in [1.82, 2.24) is 0 Å². The molecule has 3 aromatic rings. The van der Waals surface area contributed by atoms with Crippen LogP contribution >= 0.6 is 34.8 Å². The lowest BCUT2D eigenvalue weighted by Gasteiger charge is -2.09. The summed E-state index contributed by atoms with van der Waals surface area (Å²) in [6, 6.07) is 15.8. The van der Waals surface area contributed by atoms with Crippen molar-refractivity contribution in [3.8, 4) is 0 Å². The summed E-state index contributed by atoms with van der Waals surface area (Å²) in [6.07, 6.45) is 0. The third-order valence-corrected chi connectivity index (χ3v) is 4.18. The van der Waals surface area contributed by atoms with E-state index in [0.29, 0.717) is 26.2 Å². The van der Waals surface area contributed by atoms with Crippen LogP contribution in [0.25, 0.3) is 10.8 Å². The number of hydrogen-bond acceptors (Lipinski definition) is 1. The van der Waals surface area contributed by atoms with Crippen molar-refractivity contribution < 1.29 is 4.79 Å². The molecule has 21 heavy (non-hydrogen) atoms. The summed E-state index contributed by atoms with van der Waals surface area (Å²) < 4.78 is 0. The third kappa shape index (κ3) is 2.65. The summed E-state index contributed by atoms with van der Waals surface area (Å²) in [5.41, 5.74) is 0.941. The van der Waals surface area contributed by atoms with Gasteiger partial charge in [0.1, 0.15) is 0 Å². The van der Waals surface area contributed by atoms with Crippen LogP contribution in [0.1, 0.15) is 15.9 Å². The minimum absolute atomic E-state index is 0.171. The van der Waals surface area contributed by atoms with E-state index in [1.165, 1.54) is 0 Å². The van der Waals surface area contributed by atoms with Crippen molar-refractivity contribution in [3.05, 3.63) is 80.8 Å². The highest BCUT2D eigenvalue weighted by Gasteiger charge is 2.16. The first kappa shape index (κ1) is 14.4. The van der Waals surface area contributed by atoms with Gasteiger partial charge < -0.3 is 0 Å². The molecule has 0 radical (unpaired) electrons. The van der Waals surface area contributed by atoms with Crippen molar-refractivity contribution in [3.63, 3.8) is 0 Å². The van der Waals surface area contributed by atoms with E-state index in [0.717, 1.165) is 10.8 Å². The van der Waals surface area contributed by atoms with Crippen molar-refractivity contribution >= 4 is 51.4 Å². The second kappa shape index (κ2) is 5.69. The third-order valence-electron chi connectivity index (χ3n) is 3.29. The number of carbonyl (C=O) groups excluding carboxylic acids is 1. The number of hydrogen-bond donors (Lipinski definition) is 0. The van der Waals surface area contributed by atoms with Gasteiger partial charge in [-0.3, -0.25) is 4.79 Å². The SMILES string of the molecule is O=C(c1cc(Cl)ccc1Cl)c1ccc(Cl)c2ccccc12. The van der Waals surface area contributed by atoms with E-state index in [-0.39, 0.29) is 5.78 Å². The number of fused-ring (bicyclic) bond motifs is 1. The minimum atomic E-state index is -0.171. The first-order valence-electron chi connectivity index (χ1n) is 6.25. The van der Waals surface area contributed by atoms with Crippen LogP contribution in [0.4, 0.5) is 0 Å². The summed E-state index contributed by atoms with van der Waals surface area (Å²) in [5.74, 6) is -0.171. The molecule has 0 bridgehead atoms. The van der Waals surface area contributed by atoms with Crippen LogP contribution in [0, 0.1) is 0 Å². The topological polar surface area (TPSA) is 17.1 Å². The Morgan fingerprint density at radius 1 is 0.714 bits per heavy atom. The fourth-order valence-electron chi connectivity index (χ4n) is 2.28. The number of carbonyl (C=O) groups is 1. The van der Waals surface area contributed by atoms with Crippen LogP contribution in [0.2, 0.25) is 15.1 Å². The van der Waals surface area contributed by atoms with Gasteiger partial charge in [0.15, 0.2) is 5.78 Å². The zero-order chi connectivity index (χ0) is 15.0. The van der Waals surface area contributed by atoms with Crippen LogP contribution in [0.15, 0.2) is 54.6 Å². The fraction of sp³-hybridized carbons (Fsp3) is 0. The molecule has 0 amide bonds. The number of benzene rings is 3. The highest BCUT2D eigenvalue weighted by Crippen LogP contribution is 2.30. The van der Waals surface area contributed by atoms with Gasteiger partial charge in [-0.1, -0.05) is 59.1 Å². The molecule has 0 aromatic heterocycles. The molecule has 1 nitrogen and oxygen atoms in total. The Labute approximate surface area is 137 Å². The zero-order valence-corrected chi connectivity index (χ0v) is 13.0. The van der Waals surface area contributed by atoms with Crippen molar-refractivity contribution in [1.29, 1.82) is 0 Å². The predicted molar refractivity (Wildman–Crippen MR) is 88.9 cm³/mol. The Morgan fingerprint density at radius 3 is 2.14 bits per heavy atom. The molecule has 0 fully saturated rings. The molecule has 0 aliphatic heterocycles. The molecule has 0 aliphatic carbocycles. The molecule has 0 aliphatic rings. The molecule has 0 heterocycles. The van der Waals surface area contributed by atoms with Crippen molar-refractivity contribution in [2.45, 2.75) is 0 Å². The first-order valence-corrected chi connectivity index (χ1v) is 7.38. The minimum Gasteiger partial charge on any atom is -0.289 e. The summed E-state index contributed by atoms with van der Waals surface area (Å²) in [5, 5.41) is 3.10. The molecule has 0 N–H and O–H groups in total. The maximum Gasteiger partial charge on any atom is 0.195 e. The van der Waals surface area contributed by atoms with E-state index < -0.39 is 0 Å². The fourth-order valence-corrected chi connectivity index (χ4v) is 2.88. The Bertz CT molecular complexity index is 856. The lowest BCUT2D eigenvalue weighted by molar-refractivity contribution is 0.104. The van der Waals surface area contributed by atoms with Gasteiger partial charge in [0, 0.05) is 26.6 Å². The van der Waals surface area contributed by atoms with Gasteiger partial charge in [-0.05, 0) is 35.7 Å². The Hall–Kier alpha value is -1.54. The van der Waals surface area contributed by atoms with E-state index >= 15 is 0 Å². The van der Waals surface area contributed by atoms with Gasteiger partial charge in [-0.15, -0.1) is 0 Å². The van der Waals surface area contributed by atoms with Crippen LogP contribution < -0.4 is 0 Å². The van der Waals surface area contributed by atoms with Gasteiger partial charge in [-0.2, -0.15) is 0 Å². The molecular weight excluding hydrogens is 327 g/mol. The average Bonchev–Trinajstić information content (AvgIpc) is 2.50. The molecule has 0 unspecified atom stereocenters. The number of halogens is 3. The summed E-state index contributed by atoms with van der Waals surface area (Å²) in [7, 11) is 0. The largest absolute Gasteiger partial charge is 0.289 e. The van der Waals surface area contributed by atoms with E-state index in [1.807, 2.05) is 24.3 Å². The molecule has 0 spiro atoms. The van der Waals surface area contributed by atoms with Gasteiger partial charge in [0.05, 0.1) is 5.02 Å². The van der Waals surface area contributed by atoms with Crippen molar-refractivity contribution in [2.75, 3.05) is 0 Å². The molecule has 4 heteroatoms. The monoisotopic (exact) mass is 334 g/mol. The molecule has 0 saturated carbocycles. The lowest BCUT2D eigenvalue weighted by atomic mass is 9.97. The normalized spacial score (nSPS) is 10.8. The molecular formula is C17H9Cl3O. The molecule has 0 atom stereocenters. The molecule has 104 valence electrons. The van der Waals surface area contributed by atoms with Crippen LogP contribution in [0.3, 0.4) is 0 Å². The Kier molecular flexibility index (Phi) is 3.90. The van der Waals surface area contributed by atoms with Crippen LogP contribution in [-0.4, -0.2) is 5.78 Å². The zero-order valence-electron chi connectivity index (χ0n) is 10.7.